The zero-order chi connectivity index (χ0) is 11.6. The first-order chi connectivity index (χ1) is 6.79. The van der Waals surface area contributed by atoms with Gasteiger partial charge < -0.3 is 0 Å². The summed E-state index contributed by atoms with van der Waals surface area (Å²) in [6.07, 6.45) is 0. The van der Waals surface area contributed by atoms with Gasteiger partial charge in [0, 0.05) is 16.2 Å². The van der Waals surface area contributed by atoms with Gasteiger partial charge in [-0.3, -0.25) is 4.79 Å². The van der Waals surface area contributed by atoms with Gasteiger partial charge in [-0.2, -0.15) is 0 Å². The average Bonchev–Trinajstić information content (AvgIpc) is 2.06. The van der Waals surface area contributed by atoms with E-state index in [-0.39, 0.29) is 10.6 Å². The second kappa shape index (κ2) is 4.70. The highest BCUT2D eigenvalue weighted by atomic mass is 35.7. The largest absolute Gasteiger partial charge is 0.293 e. The maximum atomic E-state index is 11.4. The number of rotatable bonds is 3. The second-order valence-electron chi connectivity index (χ2n) is 2.74. The summed E-state index contributed by atoms with van der Waals surface area (Å²) < 4.78 is 21.3. The number of hydrogen-bond donors (Lipinski definition) is 0. The molecule has 0 spiro atoms. The molecular formula is C8H5Cl3O3S. The third-order valence-electron chi connectivity index (χ3n) is 1.55. The Morgan fingerprint density at radius 1 is 1.20 bits per heavy atom. The van der Waals surface area contributed by atoms with E-state index in [9.17, 15) is 13.2 Å². The average molecular weight is 288 g/mol. The molecular weight excluding hydrogens is 283 g/mol. The Hall–Kier alpha value is -0.290. The van der Waals surface area contributed by atoms with Gasteiger partial charge in [0.1, 0.15) is 5.75 Å². The van der Waals surface area contributed by atoms with Gasteiger partial charge in [0.25, 0.3) is 0 Å². The monoisotopic (exact) mass is 286 g/mol. The Morgan fingerprint density at radius 2 is 1.80 bits per heavy atom. The standard InChI is InChI=1S/C8H5Cl3O3S/c9-6-2-1-5(3-7(6)10)8(12)4-15(11,13)14/h1-3H,4H2. The van der Waals surface area contributed by atoms with Crippen molar-refractivity contribution in [3.63, 3.8) is 0 Å². The van der Waals surface area contributed by atoms with Gasteiger partial charge in [0.2, 0.25) is 9.05 Å². The molecule has 0 atom stereocenters. The SMILES string of the molecule is O=C(CS(=O)(=O)Cl)c1ccc(Cl)c(Cl)c1. The fourth-order valence-electron chi connectivity index (χ4n) is 0.909. The van der Waals surface area contributed by atoms with Crippen LogP contribution in [0, 0.1) is 0 Å². The van der Waals surface area contributed by atoms with Crippen LogP contribution in [-0.2, 0) is 9.05 Å². The van der Waals surface area contributed by atoms with Crippen LogP contribution in [0.15, 0.2) is 18.2 Å². The minimum Gasteiger partial charge on any atom is -0.293 e. The summed E-state index contributed by atoms with van der Waals surface area (Å²) in [6.45, 7) is 0. The van der Waals surface area contributed by atoms with Crippen molar-refractivity contribution in [2.45, 2.75) is 0 Å². The van der Waals surface area contributed by atoms with E-state index in [0.717, 1.165) is 0 Å². The van der Waals surface area contributed by atoms with E-state index in [1.165, 1.54) is 18.2 Å². The van der Waals surface area contributed by atoms with E-state index in [0.29, 0.717) is 5.02 Å². The third-order valence-corrected chi connectivity index (χ3v) is 3.22. The van der Waals surface area contributed by atoms with E-state index in [1.807, 2.05) is 0 Å². The molecule has 1 aromatic rings. The predicted molar refractivity (Wildman–Crippen MR) is 60.4 cm³/mol. The zero-order valence-electron chi connectivity index (χ0n) is 7.21. The molecule has 0 aliphatic carbocycles. The Labute approximate surface area is 101 Å². The van der Waals surface area contributed by atoms with Gasteiger partial charge in [0.15, 0.2) is 5.78 Å². The highest BCUT2D eigenvalue weighted by Gasteiger charge is 2.15. The third kappa shape index (κ3) is 3.99. The molecule has 0 heterocycles. The second-order valence-corrected chi connectivity index (χ2v) is 6.33. The summed E-state index contributed by atoms with van der Waals surface area (Å²) in [5.41, 5.74) is 0.161. The molecule has 0 radical (unpaired) electrons. The fraction of sp³-hybridized carbons (Fsp3) is 0.125. The minimum absolute atomic E-state index is 0.161. The van der Waals surface area contributed by atoms with Gasteiger partial charge in [-0.25, -0.2) is 8.42 Å². The summed E-state index contributed by atoms with van der Waals surface area (Å²) in [6, 6.07) is 4.10. The van der Waals surface area contributed by atoms with Crippen LogP contribution in [0.4, 0.5) is 0 Å². The zero-order valence-corrected chi connectivity index (χ0v) is 10.3. The first-order valence-corrected chi connectivity index (χ1v) is 6.93. The highest BCUT2D eigenvalue weighted by molar-refractivity contribution is 8.14. The molecule has 0 aliphatic rings. The lowest BCUT2D eigenvalue weighted by molar-refractivity contribution is 0.102. The van der Waals surface area contributed by atoms with E-state index in [4.69, 9.17) is 33.9 Å². The molecule has 0 bridgehead atoms. The van der Waals surface area contributed by atoms with Crippen LogP contribution >= 0.6 is 33.9 Å². The highest BCUT2D eigenvalue weighted by Crippen LogP contribution is 2.23. The number of benzene rings is 1. The number of carbonyl (C=O) groups is 1. The van der Waals surface area contributed by atoms with Crippen molar-refractivity contribution >= 4 is 48.7 Å². The van der Waals surface area contributed by atoms with Crippen LogP contribution in [0.3, 0.4) is 0 Å². The molecule has 0 saturated carbocycles. The maximum absolute atomic E-state index is 11.4. The van der Waals surface area contributed by atoms with Crippen molar-refractivity contribution in [3.05, 3.63) is 33.8 Å². The number of ketones is 1. The van der Waals surface area contributed by atoms with Gasteiger partial charge in [-0.15, -0.1) is 0 Å². The van der Waals surface area contributed by atoms with Crippen LogP contribution < -0.4 is 0 Å². The Bertz CT molecular complexity index is 496. The number of carbonyl (C=O) groups excluding carboxylic acids is 1. The molecule has 15 heavy (non-hydrogen) atoms. The Kier molecular flexibility index (Phi) is 4.00. The summed E-state index contributed by atoms with van der Waals surface area (Å²) in [5.74, 6) is -1.38. The van der Waals surface area contributed by atoms with E-state index in [1.54, 1.807) is 0 Å². The lowest BCUT2D eigenvalue weighted by Gasteiger charge is -2.00. The van der Waals surface area contributed by atoms with E-state index >= 15 is 0 Å². The first-order valence-electron chi connectivity index (χ1n) is 3.70. The fourth-order valence-corrected chi connectivity index (χ4v) is 1.98. The molecule has 3 nitrogen and oxygen atoms in total. The molecule has 0 aromatic heterocycles. The molecule has 1 aromatic carbocycles. The van der Waals surface area contributed by atoms with E-state index < -0.39 is 20.6 Å². The van der Waals surface area contributed by atoms with Gasteiger partial charge in [-0.1, -0.05) is 23.2 Å². The molecule has 7 heteroatoms. The lowest BCUT2D eigenvalue weighted by atomic mass is 10.1. The van der Waals surface area contributed by atoms with Crippen molar-refractivity contribution in [1.82, 2.24) is 0 Å². The number of Topliss-reactive ketones (excluding diaryl/α,β-unsaturated/α-hetero) is 1. The van der Waals surface area contributed by atoms with Crippen molar-refractivity contribution in [3.8, 4) is 0 Å². The molecule has 0 unspecified atom stereocenters. The molecule has 1 rings (SSSR count). The van der Waals surface area contributed by atoms with Crippen LogP contribution in [0.5, 0.6) is 0 Å². The van der Waals surface area contributed by atoms with Crippen molar-refractivity contribution in [2.24, 2.45) is 0 Å². The molecule has 0 fully saturated rings. The topological polar surface area (TPSA) is 51.2 Å². The van der Waals surface area contributed by atoms with Gasteiger partial charge in [0.05, 0.1) is 10.0 Å². The smallest absolute Gasteiger partial charge is 0.240 e. The Morgan fingerprint density at radius 3 is 2.27 bits per heavy atom. The molecule has 82 valence electrons. The normalized spacial score (nSPS) is 11.4. The first kappa shape index (κ1) is 12.8. The van der Waals surface area contributed by atoms with Crippen molar-refractivity contribution in [1.29, 1.82) is 0 Å². The van der Waals surface area contributed by atoms with Crippen molar-refractivity contribution < 1.29 is 13.2 Å². The van der Waals surface area contributed by atoms with Crippen LogP contribution in [-0.4, -0.2) is 20.0 Å². The van der Waals surface area contributed by atoms with Crippen LogP contribution in [0.25, 0.3) is 0 Å². The summed E-state index contributed by atoms with van der Waals surface area (Å²) >= 11 is 11.3. The molecule has 0 N–H and O–H groups in total. The predicted octanol–water partition coefficient (Wildman–Crippen LogP) is 2.74. The Balaban J connectivity index is 2.98. The van der Waals surface area contributed by atoms with Gasteiger partial charge >= 0.3 is 0 Å². The number of hydrogen-bond acceptors (Lipinski definition) is 3. The van der Waals surface area contributed by atoms with Crippen molar-refractivity contribution in [2.75, 3.05) is 5.75 Å². The minimum atomic E-state index is -3.85. The quantitative estimate of drug-likeness (QED) is 0.634. The summed E-state index contributed by atoms with van der Waals surface area (Å²) in [5, 5.41) is 0.483. The van der Waals surface area contributed by atoms with E-state index in [2.05, 4.69) is 0 Å². The maximum Gasteiger partial charge on any atom is 0.240 e. The summed E-state index contributed by atoms with van der Waals surface area (Å²) in [7, 11) is 1.09. The van der Waals surface area contributed by atoms with Crippen LogP contribution in [0.1, 0.15) is 10.4 Å². The molecule has 0 aliphatic heterocycles. The number of halogens is 3. The molecule has 0 saturated heterocycles. The lowest BCUT2D eigenvalue weighted by Crippen LogP contribution is -2.11. The van der Waals surface area contributed by atoms with Crippen LogP contribution in [0.2, 0.25) is 10.0 Å². The summed E-state index contributed by atoms with van der Waals surface area (Å²) in [4.78, 5) is 11.4. The van der Waals surface area contributed by atoms with Gasteiger partial charge in [-0.05, 0) is 18.2 Å². The molecule has 0 amide bonds.